The third-order valence-electron chi connectivity index (χ3n) is 3.86. The Balaban J connectivity index is 2.36. The topological polar surface area (TPSA) is 63.7 Å². The molecule has 24 heavy (non-hydrogen) atoms. The number of sulfone groups is 1. The molecule has 1 heterocycles. The van der Waals surface area contributed by atoms with E-state index >= 15 is 0 Å². The molecular formula is C15H26F3NO4S. The molecule has 0 saturated carbocycles. The normalized spacial score (nSPS) is 19.1. The van der Waals surface area contributed by atoms with Gasteiger partial charge < -0.3 is 9.64 Å². The number of ether oxygens (including phenoxy) is 1. The number of carbonyl (C=O) groups is 1. The summed E-state index contributed by atoms with van der Waals surface area (Å²) in [6, 6.07) is -0.0541. The molecule has 0 spiro atoms. The SMILES string of the molecule is CC(C)OC(=O)N1CCCC1CCCS(=O)(=O)CCCC(F)(F)F. The number of alkyl halides is 3. The molecule has 1 aliphatic rings. The van der Waals surface area contributed by atoms with Gasteiger partial charge >= 0.3 is 12.3 Å². The minimum atomic E-state index is -4.32. The van der Waals surface area contributed by atoms with E-state index in [9.17, 15) is 26.4 Å². The van der Waals surface area contributed by atoms with E-state index in [4.69, 9.17) is 4.74 Å². The highest BCUT2D eigenvalue weighted by Gasteiger charge is 2.30. The number of halogens is 3. The average Bonchev–Trinajstić information content (AvgIpc) is 2.84. The number of likely N-dealkylation sites (tertiary alicyclic amines) is 1. The molecule has 0 bridgehead atoms. The van der Waals surface area contributed by atoms with Gasteiger partial charge in [-0.3, -0.25) is 0 Å². The maximum absolute atomic E-state index is 12.1. The van der Waals surface area contributed by atoms with Crippen LogP contribution in [0.4, 0.5) is 18.0 Å². The lowest BCUT2D eigenvalue weighted by molar-refractivity contribution is -0.134. The zero-order chi connectivity index (χ0) is 18.4. The summed E-state index contributed by atoms with van der Waals surface area (Å²) in [5.41, 5.74) is 0. The van der Waals surface area contributed by atoms with E-state index in [0.717, 1.165) is 12.8 Å². The first-order valence-corrected chi connectivity index (χ1v) is 10.1. The summed E-state index contributed by atoms with van der Waals surface area (Å²) in [6.07, 6.45) is -3.91. The van der Waals surface area contributed by atoms with Crippen LogP contribution in [-0.2, 0) is 14.6 Å². The van der Waals surface area contributed by atoms with Crippen LogP contribution in [0.5, 0.6) is 0 Å². The number of hydrogen-bond donors (Lipinski definition) is 0. The second-order valence-electron chi connectivity index (χ2n) is 6.43. The van der Waals surface area contributed by atoms with Crippen LogP contribution in [0.3, 0.4) is 0 Å². The van der Waals surface area contributed by atoms with Crippen molar-refractivity contribution in [1.82, 2.24) is 4.90 Å². The molecule has 1 fully saturated rings. The minimum Gasteiger partial charge on any atom is -0.447 e. The third kappa shape index (κ3) is 8.21. The van der Waals surface area contributed by atoms with Crippen LogP contribution in [0.2, 0.25) is 0 Å². The second-order valence-corrected chi connectivity index (χ2v) is 8.74. The van der Waals surface area contributed by atoms with Crippen LogP contribution in [0.15, 0.2) is 0 Å². The second kappa shape index (κ2) is 8.92. The predicted molar refractivity (Wildman–Crippen MR) is 84.5 cm³/mol. The number of amides is 1. The summed E-state index contributed by atoms with van der Waals surface area (Å²) in [7, 11) is -3.49. The Hall–Kier alpha value is -0.990. The van der Waals surface area contributed by atoms with Gasteiger partial charge in [-0.25, -0.2) is 13.2 Å². The lowest BCUT2D eigenvalue weighted by atomic mass is 10.1. The molecule has 0 radical (unpaired) electrons. The fraction of sp³-hybridized carbons (Fsp3) is 0.933. The molecule has 0 aliphatic carbocycles. The molecule has 1 aliphatic heterocycles. The van der Waals surface area contributed by atoms with Crippen molar-refractivity contribution >= 4 is 15.9 Å². The quantitative estimate of drug-likeness (QED) is 0.653. The number of rotatable bonds is 8. The highest BCUT2D eigenvalue weighted by atomic mass is 32.2. The molecule has 1 amide bonds. The fourth-order valence-corrected chi connectivity index (χ4v) is 4.17. The molecule has 5 nitrogen and oxygen atoms in total. The van der Waals surface area contributed by atoms with E-state index in [1.807, 2.05) is 0 Å². The van der Waals surface area contributed by atoms with E-state index in [1.54, 1.807) is 18.7 Å². The van der Waals surface area contributed by atoms with Gasteiger partial charge in [0, 0.05) is 19.0 Å². The first-order valence-electron chi connectivity index (χ1n) is 8.24. The number of nitrogens with zero attached hydrogens (tertiary/aromatic N) is 1. The Labute approximate surface area is 141 Å². The van der Waals surface area contributed by atoms with E-state index < -0.39 is 34.6 Å². The third-order valence-corrected chi connectivity index (χ3v) is 5.68. The molecule has 1 saturated heterocycles. The van der Waals surface area contributed by atoms with Crippen LogP contribution < -0.4 is 0 Å². The van der Waals surface area contributed by atoms with Crippen LogP contribution in [0, 0.1) is 0 Å². The Morgan fingerprint density at radius 2 is 1.88 bits per heavy atom. The molecule has 0 aromatic rings. The monoisotopic (exact) mass is 373 g/mol. The fourth-order valence-electron chi connectivity index (χ4n) is 2.78. The van der Waals surface area contributed by atoms with Gasteiger partial charge in [0.05, 0.1) is 17.6 Å². The van der Waals surface area contributed by atoms with Crippen molar-refractivity contribution in [2.45, 2.75) is 70.7 Å². The van der Waals surface area contributed by atoms with Crippen molar-refractivity contribution < 1.29 is 31.1 Å². The highest BCUT2D eigenvalue weighted by Crippen LogP contribution is 2.24. The minimum absolute atomic E-state index is 0.0541. The maximum atomic E-state index is 12.1. The largest absolute Gasteiger partial charge is 0.447 e. The lowest BCUT2D eigenvalue weighted by Gasteiger charge is -2.25. The molecule has 142 valence electrons. The van der Waals surface area contributed by atoms with Gasteiger partial charge in [0.1, 0.15) is 9.84 Å². The molecule has 0 aromatic heterocycles. The zero-order valence-corrected chi connectivity index (χ0v) is 15.0. The number of carbonyl (C=O) groups excluding carboxylic acids is 1. The van der Waals surface area contributed by atoms with Gasteiger partial charge in [0.15, 0.2) is 0 Å². The predicted octanol–water partition coefficient (Wildman–Crippen LogP) is 3.53. The lowest BCUT2D eigenvalue weighted by Crippen LogP contribution is -2.37. The van der Waals surface area contributed by atoms with Gasteiger partial charge in [-0.2, -0.15) is 13.2 Å². The van der Waals surface area contributed by atoms with E-state index in [-0.39, 0.29) is 24.0 Å². The van der Waals surface area contributed by atoms with Gasteiger partial charge in [0.2, 0.25) is 0 Å². The summed E-state index contributed by atoms with van der Waals surface area (Å²) in [5.74, 6) is -0.593. The Kier molecular flexibility index (Phi) is 7.82. The van der Waals surface area contributed by atoms with Crippen molar-refractivity contribution in [3.63, 3.8) is 0 Å². The summed E-state index contributed by atoms with van der Waals surface area (Å²) >= 11 is 0. The Morgan fingerprint density at radius 3 is 2.46 bits per heavy atom. The Bertz CT molecular complexity index is 505. The van der Waals surface area contributed by atoms with Crippen LogP contribution in [0.1, 0.15) is 52.4 Å². The van der Waals surface area contributed by atoms with Crippen LogP contribution >= 0.6 is 0 Å². The van der Waals surface area contributed by atoms with Crippen molar-refractivity contribution in [3.8, 4) is 0 Å². The smallest absolute Gasteiger partial charge is 0.410 e. The molecule has 9 heteroatoms. The summed E-state index contributed by atoms with van der Waals surface area (Å²) in [4.78, 5) is 13.6. The molecule has 1 unspecified atom stereocenters. The molecule has 0 N–H and O–H groups in total. The standard InChI is InChI=1S/C15H26F3NO4S/c1-12(2)23-14(20)19-9-3-6-13(19)7-4-10-24(21,22)11-5-8-15(16,17)18/h12-13H,3-11H2,1-2H3. The number of hydrogen-bond acceptors (Lipinski definition) is 4. The zero-order valence-electron chi connectivity index (χ0n) is 14.1. The molecule has 0 aromatic carbocycles. The van der Waals surface area contributed by atoms with Crippen molar-refractivity contribution in [3.05, 3.63) is 0 Å². The van der Waals surface area contributed by atoms with Gasteiger partial charge in [-0.05, 0) is 46.0 Å². The van der Waals surface area contributed by atoms with Crippen molar-refractivity contribution in [2.75, 3.05) is 18.1 Å². The van der Waals surface area contributed by atoms with Crippen LogP contribution in [0.25, 0.3) is 0 Å². The summed E-state index contributed by atoms with van der Waals surface area (Å²) in [6.45, 7) is 4.11. The van der Waals surface area contributed by atoms with Gasteiger partial charge in [-0.1, -0.05) is 0 Å². The highest BCUT2D eigenvalue weighted by molar-refractivity contribution is 7.91. The Morgan fingerprint density at radius 1 is 1.25 bits per heavy atom. The first kappa shape index (κ1) is 21.1. The summed E-state index contributed by atoms with van der Waals surface area (Å²) in [5, 5.41) is 0. The molecule has 1 rings (SSSR count). The van der Waals surface area contributed by atoms with Crippen molar-refractivity contribution in [2.24, 2.45) is 0 Å². The molecular weight excluding hydrogens is 347 g/mol. The maximum Gasteiger partial charge on any atom is 0.410 e. The van der Waals surface area contributed by atoms with E-state index in [0.29, 0.717) is 19.4 Å². The van der Waals surface area contributed by atoms with E-state index in [2.05, 4.69) is 0 Å². The van der Waals surface area contributed by atoms with Gasteiger partial charge in [-0.15, -0.1) is 0 Å². The van der Waals surface area contributed by atoms with Crippen molar-refractivity contribution in [1.29, 1.82) is 0 Å². The average molecular weight is 373 g/mol. The first-order chi connectivity index (χ1) is 11.0. The summed E-state index contributed by atoms with van der Waals surface area (Å²) < 4.78 is 64.9. The van der Waals surface area contributed by atoms with E-state index in [1.165, 1.54) is 0 Å². The van der Waals surface area contributed by atoms with Crippen LogP contribution in [-0.4, -0.2) is 55.8 Å². The van der Waals surface area contributed by atoms with Gasteiger partial charge in [0.25, 0.3) is 0 Å². The molecule has 1 atom stereocenters.